The van der Waals surface area contributed by atoms with Crippen LogP contribution in [0.1, 0.15) is 213 Å². The zero-order valence-electron chi connectivity index (χ0n) is 31.5. The van der Waals surface area contributed by atoms with E-state index in [0.717, 1.165) is 38.5 Å². The molecule has 2 atom stereocenters. The number of amides is 1. The number of rotatable bonds is 37. The van der Waals surface area contributed by atoms with E-state index in [1.807, 2.05) is 6.08 Å². The molecule has 0 bridgehead atoms. The van der Waals surface area contributed by atoms with Crippen LogP contribution in [0.3, 0.4) is 0 Å². The number of carbonyl (C=O) groups excluding carboxylic acids is 1. The second-order valence-corrected chi connectivity index (χ2v) is 14.0. The van der Waals surface area contributed by atoms with Crippen molar-refractivity contribution >= 4 is 5.91 Å². The van der Waals surface area contributed by atoms with E-state index < -0.39 is 12.1 Å². The van der Waals surface area contributed by atoms with E-state index in [1.54, 1.807) is 6.08 Å². The molecular weight excluding hydrogens is 578 g/mol. The average molecular weight is 660 g/mol. The summed E-state index contributed by atoms with van der Waals surface area (Å²) >= 11 is 0. The molecule has 47 heavy (non-hydrogen) atoms. The number of carbonyl (C=O) groups is 1. The lowest BCUT2D eigenvalue weighted by Gasteiger charge is -2.19. The summed E-state index contributed by atoms with van der Waals surface area (Å²) in [4.78, 5) is 12.3. The van der Waals surface area contributed by atoms with E-state index in [-0.39, 0.29) is 12.5 Å². The molecule has 0 aromatic heterocycles. The minimum Gasteiger partial charge on any atom is -0.394 e. The van der Waals surface area contributed by atoms with Crippen LogP contribution in [0.5, 0.6) is 0 Å². The maximum atomic E-state index is 12.3. The molecular formula is C43H81NO3. The van der Waals surface area contributed by atoms with E-state index in [2.05, 4.69) is 43.5 Å². The van der Waals surface area contributed by atoms with Crippen molar-refractivity contribution in [3.05, 3.63) is 36.5 Å². The van der Waals surface area contributed by atoms with Gasteiger partial charge in [-0.2, -0.15) is 0 Å². The molecule has 0 radical (unpaired) electrons. The third-order valence-corrected chi connectivity index (χ3v) is 9.35. The first-order valence-electron chi connectivity index (χ1n) is 20.7. The van der Waals surface area contributed by atoms with Gasteiger partial charge in [0.15, 0.2) is 0 Å². The SMILES string of the molecule is CCCCCC/C=C/CC/C=C/CC/C=C/C(O)C(CO)NC(=O)CCCCCCCCCCCCCCCCCCCCCCC. The molecule has 4 nitrogen and oxygen atoms in total. The Morgan fingerprint density at radius 3 is 1.23 bits per heavy atom. The number of hydrogen-bond acceptors (Lipinski definition) is 3. The van der Waals surface area contributed by atoms with Gasteiger partial charge in [-0.1, -0.05) is 198 Å². The minimum absolute atomic E-state index is 0.0766. The summed E-state index contributed by atoms with van der Waals surface area (Å²) in [5.74, 6) is -0.0766. The van der Waals surface area contributed by atoms with Gasteiger partial charge in [0, 0.05) is 6.42 Å². The lowest BCUT2D eigenvalue weighted by Crippen LogP contribution is -2.45. The van der Waals surface area contributed by atoms with E-state index in [9.17, 15) is 15.0 Å². The van der Waals surface area contributed by atoms with Gasteiger partial charge in [-0.3, -0.25) is 4.79 Å². The van der Waals surface area contributed by atoms with E-state index in [0.29, 0.717) is 6.42 Å². The molecule has 0 saturated heterocycles. The Kier molecular flexibility index (Phi) is 37.9. The number of hydrogen-bond donors (Lipinski definition) is 3. The number of aliphatic hydroxyl groups excluding tert-OH is 2. The van der Waals surface area contributed by atoms with Crippen molar-refractivity contribution in [2.24, 2.45) is 0 Å². The first-order valence-corrected chi connectivity index (χ1v) is 20.7. The van der Waals surface area contributed by atoms with Gasteiger partial charge in [0.05, 0.1) is 18.8 Å². The summed E-state index contributed by atoms with van der Waals surface area (Å²) < 4.78 is 0. The molecule has 0 aliphatic rings. The van der Waals surface area contributed by atoms with Crippen LogP contribution >= 0.6 is 0 Å². The Bertz CT molecular complexity index is 716. The van der Waals surface area contributed by atoms with Crippen molar-refractivity contribution < 1.29 is 15.0 Å². The van der Waals surface area contributed by atoms with Gasteiger partial charge >= 0.3 is 0 Å². The maximum Gasteiger partial charge on any atom is 0.220 e. The predicted octanol–water partition coefficient (Wildman–Crippen LogP) is 12.6. The largest absolute Gasteiger partial charge is 0.394 e. The van der Waals surface area contributed by atoms with Gasteiger partial charge in [-0.15, -0.1) is 0 Å². The zero-order valence-corrected chi connectivity index (χ0v) is 31.5. The van der Waals surface area contributed by atoms with E-state index in [4.69, 9.17) is 0 Å². The lowest BCUT2D eigenvalue weighted by molar-refractivity contribution is -0.123. The fraction of sp³-hybridized carbons (Fsp3) is 0.837. The standard InChI is InChI=1S/C43H81NO3/c1-3-5-7-9-11-13-15-17-19-20-21-22-23-24-25-27-29-31-33-35-37-39-43(47)44-41(40-45)42(46)38-36-34-32-30-28-26-18-16-14-12-10-8-6-4-2/h14,16,28,30,36,38,41-42,45-46H,3-13,15,17-27,29,31-35,37,39-40H2,1-2H3,(H,44,47)/b16-14+,30-28+,38-36+. The third-order valence-electron chi connectivity index (χ3n) is 9.35. The molecule has 0 saturated carbocycles. The highest BCUT2D eigenvalue weighted by atomic mass is 16.3. The summed E-state index contributed by atoms with van der Waals surface area (Å²) in [6, 6.07) is -0.641. The predicted molar refractivity (Wildman–Crippen MR) is 207 cm³/mol. The highest BCUT2D eigenvalue weighted by molar-refractivity contribution is 5.76. The normalized spacial score (nSPS) is 13.4. The second kappa shape index (κ2) is 39.1. The molecule has 0 aromatic rings. The second-order valence-electron chi connectivity index (χ2n) is 14.0. The van der Waals surface area contributed by atoms with Gasteiger partial charge in [0.2, 0.25) is 5.91 Å². The first-order chi connectivity index (χ1) is 23.2. The molecule has 0 aliphatic carbocycles. The van der Waals surface area contributed by atoms with Crippen LogP contribution in [-0.2, 0) is 4.79 Å². The molecule has 0 heterocycles. The van der Waals surface area contributed by atoms with E-state index >= 15 is 0 Å². The number of aliphatic hydroxyl groups is 2. The molecule has 3 N–H and O–H groups in total. The Labute approximate surface area is 293 Å². The Morgan fingerprint density at radius 2 is 0.830 bits per heavy atom. The topological polar surface area (TPSA) is 69.6 Å². The summed E-state index contributed by atoms with van der Waals surface area (Å²) in [6.45, 7) is 4.27. The van der Waals surface area contributed by atoms with Crippen molar-refractivity contribution in [2.75, 3.05) is 6.61 Å². The van der Waals surface area contributed by atoms with Crippen LogP contribution in [0, 0.1) is 0 Å². The van der Waals surface area contributed by atoms with Crippen LogP contribution in [-0.4, -0.2) is 34.9 Å². The molecule has 4 heteroatoms. The Morgan fingerprint density at radius 1 is 0.489 bits per heavy atom. The monoisotopic (exact) mass is 660 g/mol. The maximum absolute atomic E-state index is 12.3. The number of allylic oxidation sites excluding steroid dienone is 5. The molecule has 1 amide bonds. The van der Waals surface area contributed by atoms with Gasteiger partial charge < -0.3 is 15.5 Å². The van der Waals surface area contributed by atoms with Crippen molar-refractivity contribution in [1.29, 1.82) is 0 Å². The van der Waals surface area contributed by atoms with Crippen molar-refractivity contribution in [1.82, 2.24) is 5.32 Å². The third kappa shape index (κ3) is 35.7. The molecule has 2 unspecified atom stereocenters. The van der Waals surface area contributed by atoms with Crippen molar-refractivity contribution in [3.8, 4) is 0 Å². The van der Waals surface area contributed by atoms with Gasteiger partial charge in [0.1, 0.15) is 0 Å². The summed E-state index contributed by atoms with van der Waals surface area (Å²) in [6.07, 6.45) is 51.0. The Hall–Kier alpha value is -1.39. The van der Waals surface area contributed by atoms with Crippen LogP contribution in [0.2, 0.25) is 0 Å². The van der Waals surface area contributed by atoms with E-state index in [1.165, 1.54) is 154 Å². The highest BCUT2D eigenvalue weighted by Crippen LogP contribution is 2.15. The van der Waals surface area contributed by atoms with Crippen LogP contribution < -0.4 is 5.32 Å². The molecule has 0 aromatic carbocycles. The molecule has 0 fully saturated rings. The summed E-state index contributed by atoms with van der Waals surface area (Å²) in [7, 11) is 0. The zero-order chi connectivity index (χ0) is 34.3. The lowest BCUT2D eigenvalue weighted by atomic mass is 10.0. The van der Waals surface area contributed by atoms with Crippen molar-refractivity contribution in [2.45, 2.75) is 225 Å². The average Bonchev–Trinajstić information content (AvgIpc) is 3.07. The van der Waals surface area contributed by atoms with Crippen LogP contribution in [0.15, 0.2) is 36.5 Å². The smallest absolute Gasteiger partial charge is 0.220 e. The van der Waals surface area contributed by atoms with Crippen LogP contribution in [0.25, 0.3) is 0 Å². The summed E-state index contributed by atoms with van der Waals surface area (Å²) in [5, 5.41) is 22.9. The minimum atomic E-state index is -0.866. The number of unbranched alkanes of at least 4 members (excludes halogenated alkanes) is 26. The summed E-state index contributed by atoms with van der Waals surface area (Å²) in [5.41, 5.74) is 0. The molecule has 0 aliphatic heterocycles. The molecule has 276 valence electrons. The fourth-order valence-corrected chi connectivity index (χ4v) is 6.15. The fourth-order valence-electron chi connectivity index (χ4n) is 6.15. The van der Waals surface area contributed by atoms with Crippen LogP contribution in [0.4, 0.5) is 0 Å². The highest BCUT2D eigenvalue weighted by Gasteiger charge is 2.17. The van der Waals surface area contributed by atoms with Crippen molar-refractivity contribution in [3.63, 3.8) is 0 Å². The Balaban J connectivity index is 3.59. The first kappa shape index (κ1) is 45.6. The van der Waals surface area contributed by atoms with Gasteiger partial charge in [0.25, 0.3) is 0 Å². The quantitative estimate of drug-likeness (QED) is 0.0459. The van der Waals surface area contributed by atoms with Gasteiger partial charge in [-0.05, 0) is 44.9 Å². The van der Waals surface area contributed by atoms with Gasteiger partial charge in [-0.25, -0.2) is 0 Å². The molecule has 0 rings (SSSR count). The molecule has 0 spiro atoms. The number of nitrogens with one attached hydrogen (secondary N) is 1.